The van der Waals surface area contributed by atoms with Gasteiger partial charge >= 0.3 is 5.97 Å². The fraction of sp³-hybridized carbons (Fsp3) is 0.517. The largest absolute Gasteiger partial charge is 0.481 e. The molecule has 0 aromatic heterocycles. The molecule has 2 aliphatic rings. The Bertz CT molecular complexity index is 1330. The number of amides is 1. The van der Waals surface area contributed by atoms with Crippen LogP contribution in [-0.2, 0) is 19.6 Å². The van der Waals surface area contributed by atoms with Crippen LogP contribution < -0.4 is 0 Å². The van der Waals surface area contributed by atoms with Crippen LogP contribution in [0.4, 0.5) is 0 Å². The van der Waals surface area contributed by atoms with Crippen molar-refractivity contribution in [3.8, 4) is 0 Å². The number of carbonyl (C=O) groups is 2. The number of sulfonamides is 1. The van der Waals surface area contributed by atoms with Crippen molar-refractivity contribution in [3.05, 3.63) is 69.7 Å². The fourth-order valence-corrected chi connectivity index (χ4v) is 7.39. The van der Waals surface area contributed by atoms with Crippen molar-refractivity contribution in [1.82, 2.24) is 14.1 Å². The molecule has 0 aliphatic carbocycles. The Balaban J connectivity index is 1.77. The number of likely N-dealkylation sites (tertiary alicyclic amines) is 1. The highest BCUT2D eigenvalue weighted by Crippen LogP contribution is 2.52. The SMILES string of the molecule is CCC(CN1CCN(S(C)(=O)=O)CC1)N1C(=O)[C@@](C)(CC(=O)O)CC(c2cccc(Cl)c2)[C@H]1c1ccc(Cl)cc1. The van der Waals surface area contributed by atoms with Crippen LogP contribution in [0.25, 0.3) is 0 Å². The molecule has 0 bridgehead atoms. The van der Waals surface area contributed by atoms with E-state index < -0.39 is 21.4 Å². The number of aliphatic carboxylic acids is 1. The highest BCUT2D eigenvalue weighted by molar-refractivity contribution is 7.88. The average molecular weight is 611 g/mol. The van der Waals surface area contributed by atoms with Gasteiger partial charge in [0.15, 0.2) is 0 Å². The first-order valence-corrected chi connectivity index (χ1v) is 16.2. The van der Waals surface area contributed by atoms with E-state index in [1.165, 1.54) is 10.6 Å². The quantitative estimate of drug-likeness (QED) is 0.435. The third-order valence-corrected chi connectivity index (χ3v) is 10.1. The van der Waals surface area contributed by atoms with E-state index in [0.717, 1.165) is 11.1 Å². The molecule has 218 valence electrons. The maximum Gasteiger partial charge on any atom is 0.304 e. The predicted molar refractivity (Wildman–Crippen MR) is 157 cm³/mol. The van der Waals surface area contributed by atoms with Crippen molar-refractivity contribution in [3.63, 3.8) is 0 Å². The summed E-state index contributed by atoms with van der Waals surface area (Å²) in [6.45, 7) is 6.24. The third-order valence-electron chi connectivity index (χ3n) is 8.27. The van der Waals surface area contributed by atoms with Gasteiger partial charge in [-0.3, -0.25) is 14.5 Å². The van der Waals surface area contributed by atoms with Crippen molar-refractivity contribution in [2.24, 2.45) is 5.41 Å². The van der Waals surface area contributed by atoms with E-state index in [0.29, 0.717) is 55.6 Å². The molecule has 4 rings (SSSR count). The van der Waals surface area contributed by atoms with Gasteiger partial charge in [-0.2, -0.15) is 4.31 Å². The lowest BCUT2D eigenvalue weighted by Gasteiger charge is -2.52. The van der Waals surface area contributed by atoms with Gasteiger partial charge in [-0.25, -0.2) is 8.42 Å². The number of carbonyl (C=O) groups excluding carboxylic acids is 1. The Kier molecular flexibility index (Phi) is 9.52. The van der Waals surface area contributed by atoms with Crippen molar-refractivity contribution in [2.45, 2.75) is 51.1 Å². The summed E-state index contributed by atoms with van der Waals surface area (Å²) in [4.78, 5) is 30.5. The van der Waals surface area contributed by atoms with Crippen LogP contribution in [0, 0.1) is 5.41 Å². The highest BCUT2D eigenvalue weighted by atomic mass is 35.5. The predicted octanol–water partition coefficient (Wildman–Crippen LogP) is 4.89. The van der Waals surface area contributed by atoms with Crippen LogP contribution in [0.15, 0.2) is 48.5 Å². The first kappa shape index (κ1) is 30.8. The number of piperidine rings is 1. The van der Waals surface area contributed by atoms with Crippen molar-refractivity contribution in [1.29, 1.82) is 0 Å². The summed E-state index contributed by atoms with van der Waals surface area (Å²) in [5, 5.41) is 11.0. The number of benzene rings is 2. The second kappa shape index (κ2) is 12.4. The zero-order chi connectivity index (χ0) is 29.2. The molecule has 1 amide bonds. The third kappa shape index (κ3) is 6.82. The van der Waals surface area contributed by atoms with Gasteiger partial charge in [0.1, 0.15) is 0 Å². The molecule has 0 spiro atoms. The summed E-state index contributed by atoms with van der Waals surface area (Å²) < 4.78 is 25.5. The molecule has 0 saturated carbocycles. The number of hydrogen-bond acceptors (Lipinski definition) is 5. The van der Waals surface area contributed by atoms with Gasteiger partial charge in [0.25, 0.3) is 0 Å². The van der Waals surface area contributed by atoms with Crippen LogP contribution in [0.2, 0.25) is 10.0 Å². The van der Waals surface area contributed by atoms with Crippen molar-refractivity contribution < 1.29 is 23.1 Å². The number of carboxylic acids is 1. The van der Waals surface area contributed by atoms with Crippen LogP contribution in [0.5, 0.6) is 0 Å². The van der Waals surface area contributed by atoms with Gasteiger partial charge < -0.3 is 10.0 Å². The van der Waals surface area contributed by atoms with Gasteiger partial charge in [-0.15, -0.1) is 0 Å². The van der Waals surface area contributed by atoms with Gasteiger partial charge in [-0.1, -0.05) is 61.3 Å². The lowest BCUT2D eigenvalue weighted by molar-refractivity contribution is -0.161. The number of rotatable bonds is 9. The molecule has 8 nitrogen and oxygen atoms in total. The van der Waals surface area contributed by atoms with E-state index in [1.807, 2.05) is 54.3 Å². The molecule has 2 fully saturated rings. The summed E-state index contributed by atoms with van der Waals surface area (Å²) in [5.41, 5.74) is 0.739. The average Bonchev–Trinajstić information content (AvgIpc) is 2.89. The molecule has 11 heteroatoms. The standard InChI is InChI=1S/C29H37Cl2N3O5S/c1-4-24(19-32-12-14-33(15-13-32)40(3,38)39)34-27(20-8-10-22(30)11-9-20)25(21-6-5-7-23(31)16-21)17-29(2,28(34)37)18-26(35)36/h5-11,16,24-25,27H,4,12-15,17-19H2,1-3H3,(H,35,36)/t24?,25?,27-,29-/m1/s1. The minimum Gasteiger partial charge on any atom is -0.481 e. The Morgan fingerprint density at radius 1 is 1.05 bits per heavy atom. The molecule has 2 aliphatic heterocycles. The molecule has 1 N–H and O–H groups in total. The first-order valence-electron chi connectivity index (χ1n) is 13.6. The minimum atomic E-state index is -3.26. The Morgan fingerprint density at radius 2 is 1.70 bits per heavy atom. The van der Waals surface area contributed by atoms with Gasteiger partial charge in [0.2, 0.25) is 15.9 Å². The second-order valence-electron chi connectivity index (χ2n) is 11.2. The van der Waals surface area contributed by atoms with Gasteiger partial charge in [0.05, 0.1) is 24.1 Å². The van der Waals surface area contributed by atoms with E-state index in [9.17, 15) is 23.1 Å². The van der Waals surface area contributed by atoms with Gasteiger partial charge in [0, 0.05) is 54.7 Å². The maximum absolute atomic E-state index is 14.4. The zero-order valence-corrected chi connectivity index (χ0v) is 25.4. The molecule has 40 heavy (non-hydrogen) atoms. The molecule has 2 saturated heterocycles. The minimum absolute atomic E-state index is 0.185. The molecule has 0 radical (unpaired) electrons. The van der Waals surface area contributed by atoms with E-state index in [4.69, 9.17) is 23.2 Å². The van der Waals surface area contributed by atoms with Crippen LogP contribution in [0.1, 0.15) is 56.2 Å². The summed E-state index contributed by atoms with van der Waals surface area (Å²) in [6.07, 6.45) is 1.94. The van der Waals surface area contributed by atoms with Gasteiger partial charge in [-0.05, 0) is 48.2 Å². The summed E-state index contributed by atoms with van der Waals surface area (Å²) in [6, 6.07) is 14.5. The van der Waals surface area contributed by atoms with E-state index in [1.54, 1.807) is 13.0 Å². The lowest BCUT2D eigenvalue weighted by atomic mass is 9.67. The van der Waals surface area contributed by atoms with E-state index in [-0.39, 0.29) is 30.3 Å². The maximum atomic E-state index is 14.4. The van der Waals surface area contributed by atoms with E-state index >= 15 is 0 Å². The zero-order valence-electron chi connectivity index (χ0n) is 23.1. The summed E-state index contributed by atoms with van der Waals surface area (Å²) in [5.74, 6) is -1.41. The molecular formula is C29H37Cl2N3O5S. The van der Waals surface area contributed by atoms with Crippen LogP contribution >= 0.6 is 23.2 Å². The molecular weight excluding hydrogens is 573 g/mol. The van der Waals surface area contributed by atoms with Crippen LogP contribution in [-0.4, -0.2) is 84.5 Å². The second-order valence-corrected chi connectivity index (χ2v) is 14.1. The Morgan fingerprint density at radius 3 is 2.25 bits per heavy atom. The fourth-order valence-electron chi connectivity index (χ4n) is 6.24. The van der Waals surface area contributed by atoms with Crippen molar-refractivity contribution >= 4 is 45.1 Å². The molecule has 2 aromatic rings. The topological polar surface area (TPSA) is 98.2 Å². The number of carboxylic acid groups (broad SMARTS) is 1. The summed E-state index contributed by atoms with van der Waals surface area (Å²) >= 11 is 12.7. The highest BCUT2D eigenvalue weighted by Gasteiger charge is 2.52. The smallest absolute Gasteiger partial charge is 0.304 e. The van der Waals surface area contributed by atoms with Crippen LogP contribution in [0.3, 0.4) is 0 Å². The monoisotopic (exact) mass is 609 g/mol. The number of hydrogen-bond donors (Lipinski definition) is 1. The number of halogens is 2. The first-order chi connectivity index (χ1) is 18.8. The van der Waals surface area contributed by atoms with Crippen molar-refractivity contribution in [2.75, 3.05) is 39.0 Å². The molecule has 4 atom stereocenters. The van der Waals surface area contributed by atoms with E-state index in [2.05, 4.69) is 4.90 Å². The number of nitrogens with zero attached hydrogens (tertiary/aromatic N) is 3. The molecule has 2 unspecified atom stereocenters. The Hall–Kier alpha value is -2.17. The number of piperazine rings is 1. The Labute approximate surface area is 246 Å². The summed E-state index contributed by atoms with van der Waals surface area (Å²) in [7, 11) is -3.26. The normalized spacial score (nSPS) is 25.6. The molecule has 2 aromatic carbocycles. The molecule has 2 heterocycles. The lowest BCUT2D eigenvalue weighted by Crippen LogP contribution is -2.59.